The Morgan fingerprint density at radius 1 is 0.980 bits per heavy atom. The van der Waals surface area contributed by atoms with E-state index in [4.69, 9.17) is 14.2 Å². The monoisotopic (exact) mass is 695 g/mol. The maximum Gasteiger partial charge on any atom is 0.359 e. The molecule has 0 bridgehead atoms. The quantitative estimate of drug-likeness (QED) is 0.121. The van der Waals surface area contributed by atoms with E-state index in [0.29, 0.717) is 35.4 Å². The molecule has 0 amide bonds. The third kappa shape index (κ3) is 6.64. The van der Waals surface area contributed by atoms with Crippen LogP contribution in [0.1, 0.15) is 129 Å². The second kappa shape index (κ2) is 14.0. The van der Waals surface area contributed by atoms with Crippen LogP contribution in [0, 0.1) is 0 Å². The second-order valence-electron chi connectivity index (χ2n) is 15.0. The van der Waals surface area contributed by atoms with Gasteiger partial charge in [0.1, 0.15) is 11.4 Å². The summed E-state index contributed by atoms with van der Waals surface area (Å²) in [4.78, 5) is 31.6. The number of rotatable bonds is 10. The van der Waals surface area contributed by atoms with Gasteiger partial charge in [-0.1, -0.05) is 32.3 Å². The summed E-state index contributed by atoms with van der Waals surface area (Å²) in [5.74, 6) is 0.440. The lowest BCUT2D eigenvalue weighted by atomic mass is 9.81. The van der Waals surface area contributed by atoms with Crippen molar-refractivity contribution in [3.63, 3.8) is 0 Å². The molecule has 0 radical (unpaired) electrons. The predicted molar refractivity (Wildman–Crippen MR) is 202 cm³/mol. The van der Waals surface area contributed by atoms with Crippen molar-refractivity contribution in [2.24, 2.45) is 0 Å². The number of allylic oxidation sites excluding steroid dienone is 1. The number of methoxy groups -OCH3 is 1. The zero-order valence-corrected chi connectivity index (χ0v) is 31.3. The molecule has 0 saturated heterocycles. The van der Waals surface area contributed by atoms with Crippen molar-refractivity contribution in [3.05, 3.63) is 70.8 Å². The molecular formula is C41H50N3O5P. The van der Waals surface area contributed by atoms with E-state index in [0.717, 1.165) is 61.5 Å². The molecule has 2 fully saturated rings. The topological polar surface area (TPSA) is 84.6 Å². The van der Waals surface area contributed by atoms with Gasteiger partial charge in [-0.3, -0.25) is 0 Å². The fourth-order valence-electron chi connectivity index (χ4n) is 7.93. The predicted octanol–water partition coefficient (Wildman–Crippen LogP) is 9.65. The number of hydrogen-bond donors (Lipinski definition) is 0. The fourth-order valence-corrected chi connectivity index (χ4v) is 9.61. The number of carbonyl (C=O) groups is 2. The maximum atomic E-state index is 13.5. The summed E-state index contributed by atoms with van der Waals surface area (Å²) in [6, 6.07) is 12.8. The molecule has 8 nitrogen and oxygen atoms in total. The van der Waals surface area contributed by atoms with Gasteiger partial charge in [-0.25, -0.2) is 14.6 Å². The fraction of sp³-hybridized carbons (Fsp3) is 0.488. The van der Waals surface area contributed by atoms with Crippen molar-refractivity contribution in [2.75, 3.05) is 19.9 Å². The number of hydrogen-bond acceptors (Lipinski definition) is 6. The van der Waals surface area contributed by atoms with E-state index in [2.05, 4.69) is 45.3 Å². The molecule has 50 heavy (non-hydrogen) atoms. The Morgan fingerprint density at radius 3 is 2.50 bits per heavy atom. The smallest absolute Gasteiger partial charge is 0.359 e. The summed E-state index contributed by atoms with van der Waals surface area (Å²) >= 11 is 0. The molecule has 0 spiro atoms. The molecule has 4 aromatic rings. The highest BCUT2D eigenvalue weighted by Gasteiger charge is 2.36. The van der Waals surface area contributed by atoms with Gasteiger partial charge in [0.2, 0.25) is 0 Å². The average Bonchev–Trinajstić information content (AvgIpc) is 3.80. The number of nitrogens with zero attached hydrogens (tertiary/aromatic N) is 3. The van der Waals surface area contributed by atoms with Gasteiger partial charge in [-0.15, -0.1) is 8.58 Å². The number of imidazole rings is 1. The second-order valence-corrected chi connectivity index (χ2v) is 16.6. The maximum absolute atomic E-state index is 13.5. The average molecular weight is 696 g/mol. The number of ether oxygens (including phenoxy) is 3. The summed E-state index contributed by atoms with van der Waals surface area (Å²) in [5.41, 5.74) is 8.42. The molecule has 2 aromatic heterocycles. The molecule has 3 unspecified atom stereocenters. The number of esters is 2. The molecule has 2 aromatic carbocycles. The summed E-state index contributed by atoms with van der Waals surface area (Å²) in [6.45, 7) is 10.6. The summed E-state index contributed by atoms with van der Waals surface area (Å²) < 4.78 is 21.7. The lowest BCUT2D eigenvalue weighted by Crippen LogP contribution is -2.23. The molecule has 2 aliphatic carbocycles. The van der Waals surface area contributed by atoms with Gasteiger partial charge in [0.25, 0.3) is 0 Å². The highest BCUT2D eigenvalue weighted by atomic mass is 31.1. The van der Waals surface area contributed by atoms with Crippen LogP contribution in [0.2, 0.25) is 0 Å². The third-order valence-corrected chi connectivity index (χ3v) is 12.2. The van der Waals surface area contributed by atoms with Crippen LogP contribution in [0.3, 0.4) is 0 Å². The Labute approximate surface area is 297 Å². The minimum absolute atomic E-state index is 0.276. The molecule has 3 atom stereocenters. The number of aromatic nitrogens is 3. The van der Waals surface area contributed by atoms with Gasteiger partial charge < -0.3 is 23.3 Å². The lowest BCUT2D eigenvalue weighted by Gasteiger charge is -2.33. The van der Waals surface area contributed by atoms with Crippen molar-refractivity contribution in [2.45, 2.75) is 109 Å². The molecule has 0 N–H and O–H groups in total. The molecule has 2 saturated carbocycles. The van der Waals surface area contributed by atoms with E-state index in [-0.39, 0.29) is 12.6 Å². The van der Waals surface area contributed by atoms with Crippen LogP contribution in [0.15, 0.2) is 42.7 Å². The summed E-state index contributed by atoms with van der Waals surface area (Å²) in [5, 5.41) is 1.19. The largest absolute Gasteiger partial charge is 0.497 e. The Hall–Kier alpha value is -3.90. The van der Waals surface area contributed by atoms with Crippen molar-refractivity contribution >= 4 is 43.1 Å². The normalized spacial score (nSPS) is 19.2. The standard InChI is InChI=1S/C41H50N3O5P/c1-7-19-50-34-12-10-9-11-32(34)35-31-17-13-25(39(45)49-41(3,4)5)22-33(31)43-23-27(20-26-21-29(47-6)16-18-30(26)38(35)43)37-36(40(46)48-8-2)42-24-44(37)28-14-15-28/h13,16-18,20-22,24,28,32,34,50H,7-12,14-15,19,23H2,1-6H3. The Balaban J connectivity index is 1.50. The van der Waals surface area contributed by atoms with Crippen molar-refractivity contribution in [3.8, 4) is 17.0 Å². The summed E-state index contributed by atoms with van der Waals surface area (Å²) in [7, 11) is 2.62. The van der Waals surface area contributed by atoms with Gasteiger partial charge in [0.05, 0.1) is 43.5 Å². The van der Waals surface area contributed by atoms with E-state index in [9.17, 15) is 9.59 Å². The molecule has 264 valence electrons. The minimum atomic E-state index is -0.610. The number of benzene rings is 2. The van der Waals surface area contributed by atoms with E-state index >= 15 is 0 Å². The Morgan fingerprint density at radius 2 is 1.78 bits per heavy atom. The Bertz CT molecular complexity index is 1960. The molecule has 3 heterocycles. The molecule has 1 aliphatic heterocycles. The number of carbonyl (C=O) groups excluding carboxylic acids is 2. The third-order valence-electron chi connectivity index (χ3n) is 10.2. The van der Waals surface area contributed by atoms with Gasteiger partial charge >= 0.3 is 11.9 Å². The van der Waals surface area contributed by atoms with Crippen molar-refractivity contribution in [1.82, 2.24) is 14.1 Å². The zero-order valence-electron chi connectivity index (χ0n) is 30.3. The van der Waals surface area contributed by atoms with Crippen LogP contribution in [0.25, 0.3) is 33.8 Å². The van der Waals surface area contributed by atoms with Crippen LogP contribution in [0.4, 0.5) is 0 Å². The molecule has 3 aliphatic rings. The van der Waals surface area contributed by atoms with E-state index in [1.165, 1.54) is 48.5 Å². The molecular weight excluding hydrogens is 645 g/mol. The SMILES string of the molecule is CCCPC1CCCCC1c1c2n(c3cc(C(=O)OC(C)(C)C)ccc13)CC(c1c(C(=O)OCC)ncn1C1CC1)=Cc1cc(OC)ccc1-2. The van der Waals surface area contributed by atoms with Gasteiger partial charge in [0.15, 0.2) is 5.69 Å². The van der Waals surface area contributed by atoms with Crippen LogP contribution in [-0.2, 0) is 16.0 Å². The number of fused-ring (bicyclic) bond motifs is 5. The van der Waals surface area contributed by atoms with E-state index in [1.54, 1.807) is 13.4 Å². The van der Waals surface area contributed by atoms with Gasteiger partial charge in [-0.2, -0.15) is 0 Å². The van der Waals surface area contributed by atoms with Crippen molar-refractivity contribution in [1.29, 1.82) is 0 Å². The first-order valence-electron chi connectivity index (χ1n) is 18.4. The van der Waals surface area contributed by atoms with Crippen LogP contribution >= 0.6 is 8.58 Å². The Kier molecular flexibility index (Phi) is 9.69. The minimum Gasteiger partial charge on any atom is -0.497 e. The highest BCUT2D eigenvalue weighted by molar-refractivity contribution is 7.38. The van der Waals surface area contributed by atoms with Gasteiger partial charge in [-0.05, 0) is 124 Å². The molecule has 7 rings (SSSR count). The summed E-state index contributed by atoms with van der Waals surface area (Å²) in [6.07, 6.45) is 13.4. The zero-order chi connectivity index (χ0) is 35.2. The lowest BCUT2D eigenvalue weighted by molar-refractivity contribution is 0.00693. The van der Waals surface area contributed by atoms with Crippen LogP contribution < -0.4 is 4.74 Å². The van der Waals surface area contributed by atoms with Crippen LogP contribution in [0.5, 0.6) is 5.75 Å². The first-order valence-corrected chi connectivity index (χ1v) is 19.7. The van der Waals surface area contributed by atoms with Gasteiger partial charge in [0, 0.05) is 22.5 Å². The highest BCUT2D eigenvalue weighted by Crippen LogP contribution is 2.52. The van der Waals surface area contributed by atoms with E-state index < -0.39 is 11.6 Å². The first kappa shape index (κ1) is 34.5. The van der Waals surface area contributed by atoms with Crippen LogP contribution in [-0.4, -0.2) is 57.2 Å². The van der Waals surface area contributed by atoms with E-state index in [1.807, 2.05) is 45.9 Å². The molecule has 9 heteroatoms. The first-order chi connectivity index (χ1) is 24.1. The van der Waals surface area contributed by atoms with Crippen molar-refractivity contribution < 1.29 is 23.8 Å².